The molecule has 2 aromatic heterocycles. The van der Waals surface area contributed by atoms with E-state index in [2.05, 4.69) is 43.0 Å². The van der Waals surface area contributed by atoms with Crippen molar-refractivity contribution in [3.8, 4) is 11.4 Å². The van der Waals surface area contributed by atoms with E-state index in [9.17, 15) is 14.9 Å². The maximum atomic E-state index is 12.7. The molecule has 4 rings (SSSR count). The first-order valence-electron chi connectivity index (χ1n) is 8.99. The third-order valence-electron chi connectivity index (χ3n) is 4.59. The van der Waals surface area contributed by atoms with Crippen LogP contribution in [0.4, 0.5) is 5.69 Å². The van der Waals surface area contributed by atoms with Crippen molar-refractivity contribution >= 4 is 28.1 Å². The number of nitro groups is 1. The lowest BCUT2D eigenvalue weighted by atomic mass is 9.87. The smallest absolute Gasteiger partial charge is 0.266 e. The van der Waals surface area contributed by atoms with Crippen LogP contribution in [0.5, 0.6) is 0 Å². The molecular formula is C21H18N4O3S. The van der Waals surface area contributed by atoms with Crippen LogP contribution in [0.2, 0.25) is 0 Å². The molecule has 2 aromatic carbocycles. The zero-order valence-corrected chi connectivity index (χ0v) is 16.9. The number of aromatic nitrogens is 3. The number of rotatable bonds is 3. The fraction of sp³-hybridized carbons (Fsp3) is 0.190. The van der Waals surface area contributed by atoms with Gasteiger partial charge in [-0.3, -0.25) is 14.9 Å². The molecule has 0 saturated heterocycles. The molecule has 0 fully saturated rings. The summed E-state index contributed by atoms with van der Waals surface area (Å²) in [7, 11) is 0. The first-order valence-corrected chi connectivity index (χ1v) is 9.81. The predicted octanol–water partition coefficient (Wildman–Crippen LogP) is 3.57. The van der Waals surface area contributed by atoms with Gasteiger partial charge in [0.2, 0.25) is 4.96 Å². The number of nitro benzene ring substituents is 1. The highest BCUT2D eigenvalue weighted by Gasteiger charge is 2.15. The summed E-state index contributed by atoms with van der Waals surface area (Å²) in [6, 6.07) is 14.1. The van der Waals surface area contributed by atoms with Crippen LogP contribution >= 0.6 is 11.3 Å². The highest BCUT2D eigenvalue weighted by atomic mass is 32.1. The Morgan fingerprint density at radius 2 is 1.72 bits per heavy atom. The maximum Gasteiger partial charge on any atom is 0.291 e. The van der Waals surface area contributed by atoms with Crippen molar-refractivity contribution in [1.29, 1.82) is 0 Å². The molecule has 0 saturated carbocycles. The van der Waals surface area contributed by atoms with Crippen LogP contribution in [-0.2, 0) is 5.41 Å². The van der Waals surface area contributed by atoms with Gasteiger partial charge < -0.3 is 0 Å². The zero-order chi connectivity index (χ0) is 20.8. The molecule has 0 amide bonds. The van der Waals surface area contributed by atoms with Gasteiger partial charge in [0.25, 0.3) is 11.2 Å². The summed E-state index contributed by atoms with van der Waals surface area (Å²) >= 11 is 1.24. The van der Waals surface area contributed by atoms with E-state index < -0.39 is 4.92 Å². The van der Waals surface area contributed by atoms with Gasteiger partial charge in [0.05, 0.1) is 9.46 Å². The molecule has 7 nitrogen and oxygen atoms in total. The molecule has 0 aliphatic heterocycles. The van der Waals surface area contributed by atoms with Crippen molar-refractivity contribution in [2.75, 3.05) is 0 Å². The molecule has 2 heterocycles. The first-order chi connectivity index (χ1) is 13.7. The minimum atomic E-state index is -0.457. The zero-order valence-electron chi connectivity index (χ0n) is 16.1. The third kappa shape index (κ3) is 3.66. The van der Waals surface area contributed by atoms with E-state index >= 15 is 0 Å². The molecule has 0 radical (unpaired) electrons. The highest BCUT2D eigenvalue weighted by molar-refractivity contribution is 7.15. The summed E-state index contributed by atoms with van der Waals surface area (Å²) in [6.45, 7) is 6.46. The fourth-order valence-corrected chi connectivity index (χ4v) is 3.83. The minimum Gasteiger partial charge on any atom is -0.266 e. The second-order valence-corrected chi connectivity index (χ2v) is 8.73. The summed E-state index contributed by atoms with van der Waals surface area (Å²) in [6.07, 6.45) is 1.69. The van der Waals surface area contributed by atoms with Crippen molar-refractivity contribution in [1.82, 2.24) is 14.6 Å². The second kappa shape index (κ2) is 6.89. The lowest BCUT2D eigenvalue weighted by Gasteiger charge is -2.18. The van der Waals surface area contributed by atoms with Crippen LogP contribution in [0.1, 0.15) is 31.9 Å². The standard InChI is InChI=1S/C21H18N4O3S/c1-21(2,3)15-8-6-14(7-9-15)18-22-20-24(23-18)19(26)17(29-20)12-13-4-10-16(11-5-13)25(27)28/h4-12H,1-3H3. The molecule has 0 aliphatic carbocycles. The van der Waals surface area contributed by atoms with Gasteiger partial charge >= 0.3 is 0 Å². The van der Waals surface area contributed by atoms with Crippen molar-refractivity contribution in [3.05, 3.63) is 84.7 Å². The average molecular weight is 406 g/mol. The van der Waals surface area contributed by atoms with Gasteiger partial charge in [-0.1, -0.05) is 56.4 Å². The Kier molecular flexibility index (Phi) is 4.50. The van der Waals surface area contributed by atoms with Gasteiger partial charge in [-0.05, 0) is 34.8 Å². The number of hydrogen-bond acceptors (Lipinski definition) is 6. The molecule has 0 atom stereocenters. The number of thiazole rings is 1. The largest absolute Gasteiger partial charge is 0.291 e. The normalized spacial score (nSPS) is 12.6. The first kappa shape index (κ1) is 18.9. The summed E-state index contributed by atoms with van der Waals surface area (Å²) in [5, 5.41) is 15.1. The topological polar surface area (TPSA) is 90.4 Å². The molecule has 0 N–H and O–H groups in total. The van der Waals surface area contributed by atoms with Crippen LogP contribution in [0, 0.1) is 10.1 Å². The van der Waals surface area contributed by atoms with E-state index in [4.69, 9.17) is 0 Å². The van der Waals surface area contributed by atoms with E-state index in [1.54, 1.807) is 18.2 Å². The van der Waals surface area contributed by atoms with Gasteiger partial charge in [-0.15, -0.1) is 5.10 Å². The molecule has 0 bridgehead atoms. The van der Waals surface area contributed by atoms with Crippen molar-refractivity contribution in [2.24, 2.45) is 0 Å². The molecule has 8 heteroatoms. The fourth-order valence-electron chi connectivity index (χ4n) is 2.92. The van der Waals surface area contributed by atoms with Gasteiger partial charge in [0.1, 0.15) is 0 Å². The molecule has 0 spiro atoms. The lowest BCUT2D eigenvalue weighted by molar-refractivity contribution is -0.384. The third-order valence-corrected chi connectivity index (χ3v) is 5.55. The predicted molar refractivity (Wildman–Crippen MR) is 113 cm³/mol. The van der Waals surface area contributed by atoms with Gasteiger partial charge in [-0.2, -0.15) is 9.50 Å². The molecule has 146 valence electrons. The van der Waals surface area contributed by atoms with E-state index in [1.165, 1.54) is 33.5 Å². The number of benzene rings is 2. The van der Waals surface area contributed by atoms with Gasteiger partial charge in [0.15, 0.2) is 5.82 Å². The Balaban J connectivity index is 1.69. The Labute approximate surface area is 170 Å². The van der Waals surface area contributed by atoms with Crippen LogP contribution in [0.15, 0.2) is 53.3 Å². The minimum absolute atomic E-state index is 0.00858. The highest BCUT2D eigenvalue weighted by Crippen LogP contribution is 2.25. The number of fused-ring (bicyclic) bond motifs is 1. The van der Waals surface area contributed by atoms with Crippen molar-refractivity contribution in [3.63, 3.8) is 0 Å². The average Bonchev–Trinajstić information content (AvgIpc) is 3.21. The molecular weight excluding hydrogens is 388 g/mol. The molecule has 0 unspecified atom stereocenters. The Hall–Kier alpha value is -3.39. The molecule has 29 heavy (non-hydrogen) atoms. The van der Waals surface area contributed by atoms with Crippen molar-refractivity contribution in [2.45, 2.75) is 26.2 Å². The van der Waals surface area contributed by atoms with Crippen LogP contribution in [0.25, 0.3) is 22.4 Å². The van der Waals surface area contributed by atoms with E-state index in [0.29, 0.717) is 20.9 Å². The van der Waals surface area contributed by atoms with E-state index in [1.807, 2.05) is 12.1 Å². The summed E-state index contributed by atoms with van der Waals surface area (Å²) in [4.78, 5) is 28.0. The quantitative estimate of drug-likeness (QED) is 0.383. The molecule has 4 aromatic rings. The van der Waals surface area contributed by atoms with E-state index in [0.717, 1.165) is 5.56 Å². The van der Waals surface area contributed by atoms with Crippen molar-refractivity contribution < 1.29 is 4.92 Å². The van der Waals surface area contributed by atoms with Crippen LogP contribution < -0.4 is 10.1 Å². The Bertz CT molecular complexity index is 1310. The maximum absolute atomic E-state index is 12.7. The second-order valence-electron chi connectivity index (χ2n) is 7.72. The lowest BCUT2D eigenvalue weighted by Crippen LogP contribution is -2.23. The summed E-state index contributed by atoms with van der Waals surface area (Å²) < 4.78 is 1.78. The number of non-ortho nitro benzene ring substituents is 1. The van der Waals surface area contributed by atoms with Gasteiger partial charge in [-0.25, -0.2) is 0 Å². The van der Waals surface area contributed by atoms with Gasteiger partial charge in [0, 0.05) is 17.7 Å². The summed E-state index contributed by atoms with van der Waals surface area (Å²) in [5.74, 6) is 0.510. The van der Waals surface area contributed by atoms with E-state index in [-0.39, 0.29) is 16.7 Å². The van der Waals surface area contributed by atoms with Crippen LogP contribution in [0.3, 0.4) is 0 Å². The number of nitrogens with zero attached hydrogens (tertiary/aromatic N) is 4. The summed E-state index contributed by atoms with van der Waals surface area (Å²) in [5.41, 5.74) is 2.59. The Morgan fingerprint density at radius 1 is 1.07 bits per heavy atom. The Morgan fingerprint density at radius 3 is 2.28 bits per heavy atom. The SMILES string of the molecule is CC(C)(C)c1ccc(-c2nc3sc(=Cc4ccc([N+](=O)[O-])cc4)c(=O)n3n2)cc1. The van der Waals surface area contributed by atoms with Crippen LogP contribution in [-0.4, -0.2) is 19.5 Å². The number of hydrogen-bond donors (Lipinski definition) is 0. The molecule has 0 aliphatic rings. The monoisotopic (exact) mass is 406 g/mol.